The Morgan fingerprint density at radius 1 is 1.53 bits per heavy atom. The van der Waals surface area contributed by atoms with Crippen LogP contribution in [0.5, 0.6) is 0 Å². The maximum absolute atomic E-state index is 13.4. The van der Waals surface area contributed by atoms with Crippen molar-refractivity contribution in [3.05, 3.63) is 35.6 Å². The fourth-order valence-electron chi connectivity index (χ4n) is 2.10. The number of nitrogens with zero attached hydrogens (tertiary/aromatic N) is 1. The number of halogens is 1. The normalized spacial score (nSPS) is 20.2. The average molecular weight is 266 g/mol. The van der Waals surface area contributed by atoms with E-state index < -0.39 is 0 Å². The van der Waals surface area contributed by atoms with Gasteiger partial charge in [-0.3, -0.25) is 4.79 Å². The first-order chi connectivity index (χ1) is 9.15. The summed E-state index contributed by atoms with van der Waals surface area (Å²) in [6, 6.07) is 6.33. The number of amides is 1. The molecule has 0 aliphatic carbocycles. The molecule has 1 fully saturated rings. The Kier molecular flexibility index (Phi) is 4.87. The number of carbonyl (C=O) groups excluding carboxylic acids is 1. The minimum Gasteiger partial charge on any atom is -0.374 e. The quantitative estimate of drug-likeness (QED) is 0.877. The van der Waals surface area contributed by atoms with Crippen LogP contribution < -0.4 is 5.32 Å². The van der Waals surface area contributed by atoms with Crippen LogP contribution in [0.25, 0.3) is 0 Å². The van der Waals surface area contributed by atoms with Gasteiger partial charge >= 0.3 is 0 Å². The van der Waals surface area contributed by atoms with Crippen LogP contribution in [0.4, 0.5) is 4.39 Å². The molecule has 4 nitrogen and oxygen atoms in total. The first-order valence-electron chi connectivity index (χ1n) is 6.45. The van der Waals surface area contributed by atoms with Crippen molar-refractivity contribution < 1.29 is 13.9 Å². The molecule has 1 amide bonds. The van der Waals surface area contributed by atoms with Gasteiger partial charge in [-0.15, -0.1) is 0 Å². The molecule has 2 rings (SSSR count). The van der Waals surface area contributed by atoms with E-state index in [2.05, 4.69) is 10.2 Å². The van der Waals surface area contributed by atoms with Crippen molar-refractivity contribution in [2.45, 2.75) is 12.5 Å². The highest BCUT2D eigenvalue weighted by molar-refractivity contribution is 5.78. The van der Waals surface area contributed by atoms with Crippen LogP contribution in [-0.4, -0.2) is 50.2 Å². The molecule has 1 unspecified atom stereocenters. The lowest BCUT2D eigenvalue weighted by molar-refractivity contribution is -0.121. The Bertz CT molecular complexity index is 439. The summed E-state index contributed by atoms with van der Waals surface area (Å²) in [5.74, 6) is -0.520. The van der Waals surface area contributed by atoms with E-state index in [1.54, 1.807) is 18.2 Å². The lowest BCUT2D eigenvalue weighted by atomic mass is 10.1. The number of benzene rings is 1. The molecule has 0 bridgehead atoms. The molecular weight excluding hydrogens is 247 g/mol. The van der Waals surface area contributed by atoms with Crippen molar-refractivity contribution in [1.29, 1.82) is 0 Å². The largest absolute Gasteiger partial charge is 0.374 e. The van der Waals surface area contributed by atoms with Crippen LogP contribution in [0.15, 0.2) is 24.3 Å². The standard InChI is InChI=1S/C14H19FN2O2/c1-17-6-7-19-12(10-17)9-16-14(18)8-11-4-2-3-5-13(11)15/h2-5,12H,6-10H2,1H3,(H,16,18). The van der Waals surface area contributed by atoms with Crippen molar-refractivity contribution in [3.63, 3.8) is 0 Å². The Hall–Kier alpha value is -1.46. The van der Waals surface area contributed by atoms with Crippen LogP contribution in [0.3, 0.4) is 0 Å². The van der Waals surface area contributed by atoms with Crippen molar-refractivity contribution >= 4 is 5.91 Å². The molecule has 104 valence electrons. The van der Waals surface area contributed by atoms with Crippen molar-refractivity contribution in [1.82, 2.24) is 10.2 Å². The highest BCUT2D eigenvalue weighted by atomic mass is 19.1. The van der Waals surface area contributed by atoms with Gasteiger partial charge < -0.3 is 15.0 Å². The molecule has 1 aliphatic heterocycles. The van der Waals surface area contributed by atoms with Gasteiger partial charge in [0, 0.05) is 19.6 Å². The first-order valence-corrected chi connectivity index (χ1v) is 6.45. The minimum absolute atomic E-state index is 0.0170. The lowest BCUT2D eigenvalue weighted by Gasteiger charge is -2.30. The van der Waals surface area contributed by atoms with E-state index in [-0.39, 0.29) is 24.2 Å². The molecule has 0 saturated carbocycles. The van der Waals surface area contributed by atoms with E-state index in [0.717, 1.165) is 13.1 Å². The van der Waals surface area contributed by atoms with Gasteiger partial charge in [-0.05, 0) is 18.7 Å². The molecule has 0 spiro atoms. The zero-order chi connectivity index (χ0) is 13.7. The second-order valence-corrected chi connectivity index (χ2v) is 4.83. The molecule has 1 aromatic rings. The van der Waals surface area contributed by atoms with Gasteiger partial charge in [-0.2, -0.15) is 0 Å². The Labute approximate surface area is 112 Å². The van der Waals surface area contributed by atoms with E-state index >= 15 is 0 Å². The van der Waals surface area contributed by atoms with Gasteiger partial charge in [0.2, 0.25) is 5.91 Å². The number of ether oxygens (including phenoxy) is 1. The van der Waals surface area contributed by atoms with E-state index in [1.165, 1.54) is 6.07 Å². The van der Waals surface area contributed by atoms with Crippen LogP contribution in [0, 0.1) is 5.82 Å². The molecule has 0 radical (unpaired) electrons. The summed E-state index contributed by atoms with van der Waals surface area (Å²) < 4.78 is 18.9. The summed E-state index contributed by atoms with van der Waals surface area (Å²) in [4.78, 5) is 13.9. The fraction of sp³-hybridized carbons (Fsp3) is 0.500. The van der Waals surface area contributed by atoms with E-state index in [1.807, 2.05) is 7.05 Å². The molecule has 1 aromatic carbocycles. The predicted octanol–water partition coefficient (Wildman–Crippen LogP) is 0.815. The maximum atomic E-state index is 13.4. The van der Waals surface area contributed by atoms with Gasteiger partial charge in [0.05, 0.1) is 19.1 Å². The minimum atomic E-state index is -0.341. The molecular formula is C14H19FN2O2. The maximum Gasteiger partial charge on any atom is 0.224 e. The molecule has 1 heterocycles. The number of likely N-dealkylation sites (N-methyl/N-ethyl adjacent to an activating group) is 1. The van der Waals surface area contributed by atoms with Crippen LogP contribution >= 0.6 is 0 Å². The van der Waals surface area contributed by atoms with Gasteiger partial charge in [0.25, 0.3) is 0 Å². The highest BCUT2D eigenvalue weighted by Gasteiger charge is 2.18. The number of hydrogen-bond donors (Lipinski definition) is 1. The summed E-state index contributed by atoms with van der Waals surface area (Å²) in [5, 5.41) is 2.79. The third-order valence-electron chi connectivity index (χ3n) is 3.18. The summed E-state index contributed by atoms with van der Waals surface area (Å²) in [6.45, 7) is 2.88. The van der Waals surface area contributed by atoms with Gasteiger partial charge in [-0.25, -0.2) is 4.39 Å². The molecule has 1 aliphatic rings. The summed E-state index contributed by atoms with van der Waals surface area (Å²) in [5.41, 5.74) is 0.418. The molecule has 1 saturated heterocycles. The molecule has 5 heteroatoms. The predicted molar refractivity (Wildman–Crippen MR) is 70.4 cm³/mol. The Balaban J connectivity index is 1.77. The van der Waals surface area contributed by atoms with Crippen molar-refractivity contribution in [2.75, 3.05) is 33.3 Å². The van der Waals surface area contributed by atoms with E-state index in [0.29, 0.717) is 18.7 Å². The van der Waals surface area contributed by atoms with Gasteiger partial charge in [0.15, 0.2) is 0 Å². The van der Waals surface area contributed by atoms with Crippen LogP contribution in [-0.2, 0) is 16.0 Å². The second-order valence-electron chi connectivity index (χ2n) is 4.83. The highest BCUT2D eigenvalue weighted by Crippen LogP contribution is 2.07. The SMILES string of the molecule is CN1CCOC(CNC(=O)Cc2ccccc2F)C1. The number of morpholine rings is 1. The smallest absolute Gasteiger partial charge is 0.224 e. The summed E-state index contributed by atoms with van der Waals surface area (Å²) in [7, 11) is 2.02. The van der Waals surface area contributed by atoms with Gasteiger partial charge in [0.1, 0.15) is 5.82 Å². The van der Waals surface area contributed by atoms with E-state index in [9.17, 15) is 9.18 Å². The fourth-order valence-corrected chi connectivity index (χ4v) is 2.10. The van der Waals surface area contributed by atoms with Crippen LogP contribution in [0.2, 0.25) is 0 Å². The molecule has 1 atom stereocenters. The topological polar surface area (TPSA) is 41.6 Å². The number of nitrogens with one attached hydrogen (secondary N) is 1. The first kappa shape index (κ1) is 14.0. The third kappa shape index (κ3) is 4.29. The Morgan fingerprint density at radius 2 is 2.32 bits per heavy atom. The molecule has 0 aromatic heterocycles. The van der Waals surface area contributed by atoms with E-state index in [4.69, 9.17) is 4.74 Å². The van der Waals surface area contributed by atoms with Gasteiger partial charge in [-0.1, -0.05) is 18.2 Å². The number of carbonyl (C=O) groups is 1. The third-order valence-corrected chi connectivity index (χ3v) is 3.18. The average Bonchev–Trinajstić information content (AvgIpc) is 2.39. The lowest BCUT2D eigenvalue weighted by Crippen LogP contribution is -2.46. The van der Waals surface area contributed by atoms with Crippen molar-refractivity contribution in [3.8, 4) is 0 Å². The monoisotopic (exact) mass is 266 g/mol. The Morgan fingerprint density at radius 3 is 3.05 bits per heavy atom. The summed E-state index contributed by atoms with van der Waals surface area (Å²) >= 11 is 0. The summed E-state index contributed by atoms with van der Waals surface area (Å²) in [6.07, 6.45) is 0.0817. The van der Waals surface area contributed by atoms with Crippen LogP contribution in [0.1, 0.15) is 5.56 Å². The number of hydrogen-bond acceptors (Lipinski definition) is 3. The zero-order valence-corrected chi connectivity index (χ0v) is 11.1. The molecule has 19 heavy (non-hydrogen) atoms. The van der Waals surface area contributed by atoms with Crippen molar-refractivity contribution in [2.24, 2.45) is 0 Å². The second kappa shape index (κ2) is 6.63. The number of rotatable bonds is 4. The zero-order valence-electron chi connectivity index (χ0n) is 11.1. The molecule has 1 N–H and O–H groups in total.